The lowest BCUT2D eigenvalue weighted by atomic mass is 10.1. The SMILES string of the molecule is CCOP(=O)(OCC)[C@@H](CC(=O)OCc1ccccc1)c1cccc([N+](=O)[O-])c1. The van der Waals surface area contributed by atoms with E-state index in [1.807, 2.05) is 30.3 Å². The molecule has 0 spiro atoms. The summed E-state index contributed by atoms with van der Waals surface area (Å²) in [6.45, 7) is 3.58. The molecule has 0 fully saturated rings. The number of nitrogens with zero attached hydrogens (tertiary/aromatic N) is 1. The fourth-order valence-corrected chi connectivity index (χ4v) is 4.84. The number of benzene rings is 2. The second-order valence-electron chi connectivity index (χ2n) is 6.09. The van der Waals surface area contributed by atoms with Gasteiger partial charge in [0, 0.05) is 12.1 Å². The van der Waals surface area contributed by atoms with Crippen LogP contribution in [-0.2, 0) is 29.8 Å². The van der Waals surface area contributed by atoms with Gasteiger partial charge in [-0.05, 0) is 25.0 Å². The molecular weight excluding hydrogens is 397 g/mol. The zero-order valence-corrected chi connectivity index (χ0v) is 17.2. The Balaban J connectivity index is 2.28. The average molecular weight is 421 g/mol. The normalized spacial score (nSPS) is 12.3. The van der Waals surface area contributed by atoms with Crippen molar-refractivity contribution in [2.75, 3.05) is 13.2 Å². The highest BCUT2D eigenvalue weighted by atomic mass is 31.2. The Bertz CT molecular complexity index is 862. The van der Waals surface area contributed by atoms with Crippen molar-refractivity contribution in [3.05, 3.63) is 75.8 Å². The van der Waals surface area contributed by atoms with Crippen molar-refractivity contribution >= 4 is 19.3 Å². The molecule has 2 aromatic carbocycles. The molecule has 0 N–H and O–H groups in total. The maximum Gasteiger partial charge on any atom is 0.338 e. The molecule has 0 amide bonds. The van der Waals surface area contributed by atoms with E-state index in [1.54, 1.807) is 19.9 Å². The minimum atomic E-state index is -3.77. The van der Waals surface area contributed by atoms with Crippen LogP contribution in [0.25, 0.3) is 0 Å². The van der Waals surface area contributed by atoms with Gasteiger partial charge in [-0.25, -0.2) is 0 Å². The molecule has 0 radical (unpaired) electrons. The standard InChI is InChI=1S/C20H24NO7P/c1-3-27-29(25,28-4-2)19(17-11-8-12-18(13-17)21(23)24)14-20(22)26-15-16-9-6-5-7-10-16/h5-13,19H,3-4,14-15H2,1-2H3/t19-/m0/s1. The molecule has 8 nitrogen and oxygen atoms in total. The Hall–Kier alpha value is -2.54. The first kappa shape index (κ1) is 22.7. The van der Waals surface area contributed by atoms with Crippen LogP contribution in [0.15, 0.2) is 54.6 Å². The fourth-order valence-electron chi connectivity index (χ4n) is 2.79. The Morgan fingerprint density at radius 1 is 1.07 bits per heavy atom. The number of rotatable bonds is 11. The third-order valence-corrected chi connectivity index (χ3v) is 6.55. The smallest absolute Gasteiger partial charge is 0.338 e. The van der Waals surface area contributed by atoms with Crippen molar-refractivity contribution in [1.82, 2.24) is 0 Å². The van der Waals surface area contributed by atoms with Gasteiger partial charge in [0.15, 0.2) is 0 Å². The zero-order chi connectivity index (χ0) is 21.3. The highest BCUT2D eigenvalue weighted by molar-refractivity contribution is 7.54. The van der Waals surface area contributed by atoms with E-state index in [0.717, 1.165) is 5.56 Å². The first-order chi connectivity index (χ1) is 13.9. The lowest BCUT2D eigenvalue weighted by Gasteiger charge is -2.26. The Labute approximate surface area is 169 Å². The first-order valence-corrected chi connectivity index (χ1v) is 10.8. The van der Waals surface area contributed by atoms with Gasteiger partial charge < -0.3 is 13.8 Å². The minimum absolute atomic E-state index is 0.0644. The molecule has 0 aliphatic heterocycles. The summed E-state index contributed by atoms with van der Waals surface area (Å²) in [5.41, 5.74) is -0.0677. The molecular formula is C20H24NO7P. The van der Waals surface area contributed by atoms with Gasteiger partial charge in [-0.2, -0.15) is 0 Å². The monoisotopic (exact) mass is 421 g/mol. The van der Waals surface area contributed by atoms with Crippen LogP contribution in [-0.4, -0.2) is 24.1 Å². The highest BCUT2D eigenvalue weighted by Crippen LogP contribution is 2.62. The minimum Gasteiger partial charge on any atom is -0.461 e. The Morgan fingerprint density at radius 3 is 2.31 bits per heavy atom. The van der Waals surface area contributed by atoms with Crippen LogP contribution < -0.4 is 0 Å². The number of ether oxygens (including phenoxy) is 1. The van der Waals surface area contributed by atoms with Crippen LogP contribution in [0, 0.1) is 10.1 Å². The number of nitro groups is 1. The quantitative estimate of drug-likeness (QED) is 0.217. The van der Waals surface area contributed by atoms with E-state index in [2.05, 4.69) is 0 Å². The van der Waals surface area contributed by atoms with Gasteiger partial charge in [0.2, 0.25) is 0 Å². The maximum atomic E-state index is 13.4. The van der Waals surface area contributed by atoms with E-state index >= 15 is 0 Å². The molecule has 0 unspecified atom stereocenters. The molecule has 0 aliphatic carbocycles. The molecule has 0 saturated heterocycles. The Kier molecular flexibility index (Phi) is 8.51. The number of hydrogen-bond acceptors (Lipinski definition) is 7. The van der Waals surface area contributed by atoms with Crippen molar-refractivity contribution in [3.63, 3.8) is 0 Å². The third-order valence-electron chi connectivity index (χ3n) is 4.07. The van der Waals surface area contributed by atoms with Crippen LogP contribution in [0.3, 0.4) is 0 Å². The summed E-state index contributed by atoms with van der Waals surface area (Å²) in [5, 5.41) is 11.1. The molecule has 2 rings (SSSR count). The second-order valence-corrected chi connectivity index (χ2v) is 8.31. The molecule has 9 heteroatoms. The van der Waals surface area contributed by atoms with Gasteiger partial charge in [-0.3, -0.25) is 19.5 Å². The lowest BCUT2D eigenvalue weighted by Crippen LogP contribution is -2.14. The van der Waals surface area contributed by atoms with Gasteiger partial charge in [-0.15, -0.1) is 0 Å². The maximum absolute atomic E-state index is 13.4. The van der Waals surface area contributed by atoms with Crippen LogP contribution in [0.1, 0.15) is 37.1 Å². The van der Waals surface area contributed by atoms with E-state index in [-0.39, 0.29) is 31.9 Å². The number of non-ortho nitro benzene ring substituents is 1. The van der Waals surface area contributed by atoms with Crippen molar-refractivity contribution in [2.24, 2.45) is 0 Å². The van der Waals surface area contributed by atoms with Gasteiger partial charge in [0.1, 0.15) is 6.61 Å². The summed E-state index contributed by atoms with van der Waals surface area (Å²) in [7, 11) is -3.77. The number of carbonyl (C=O) groups excluding carboxylic acids is 1. The molecule has 0 saturated carbocycles. The largest absolute Gasteiger partial charge is 0.461 e. The number of esters is 1. The molecule has 2 aromatic rings. The van der Waals surface area contributed by atoms with E-state index in [1.165, 1.54) is 18.2 Å². The summed E-state index contributed by atoms with van der Waals surface area (Å²) >= 11 is 0. The molecule has 0 heterocycles. The summed E-state index contributed by atoms with van der Waals surface area (Å²) in [6.07, 6.45) is -0.300. The number of carbonyl (C=O) groups is 1. The number of nitro benzene ring substituents is 1. The predicted octanol–water partition coefficient (Wildman–Crippen LogP) is 5.04. The highest BCUT2D eigenvalue weighted by Gasteiger charge is 2.39. The number of hydrogen-bond donors (Lipinski definition) is 0. The average Bonchev–Trinajstić information content (AvgIpc) is 2.71. The second kappa shape index (κ2) is 10.9. The van der Waals surface area contributed by atoms with E-state index in [9.17, 15) is 19.5 Å². The lowest BCUT2D eigenvalue weighted by molar-refractivity contribution is -0.384. The summed E-state index contributed by atoms with van der Waals surface area (Å²) < 4.78 is 29.5. The predicted molar refractivity (Wildman–Crippen MR) is 108 cm³/mol. The molecule has 156 valence electrons. The fraction of sp³-hybridized carbons (Fsp3) is 0.350. The van der Waals surface area contributed by atoms with Crippen LogP contribution in [0.4, 0.5) is 5.69 Å². The molecule has 0 aromatic heterocycles. The van der Waals surface area contributed by atoms with E-state index in [0.29, 0.717) is 5.56 Å². The summed E-state index contributed by atoms with van der Waals surface area (Å²) in [6, 6.07) is 14.8. The molecule has 0 bridgehead atoms. The van der Waals surface area contributed by atoms with Crippen LogP contribution in [0.2, 0.25) is 0 Å². The van der Waals surface area contributed by atoms with Crippen LogP contribution >= 0.6 is 7.60 Å². The van der Waals surface area contributed by atoms with E-state index in [4.69, 9.17) is 13.8 Å². The van der Waals surface area contributed by atoms with Gasteiger partial charge in [-0.1, -0.05) is 42.5 Å². The molecule has 1 atom stereocenters. The van der Waals surface area contributed by atoms with Gasteiger partial charge >= 0.3 is 13.6 Å². The van der Waals surface area contributed by atoms with Gasteiger partial charge in [0.05, 0.1) is 30.2 Å². The molecule has 29 heavy (non-hydrogen) atoms. The Morgan fingerprint density at radius 2 is 1.72 bits per heavy atom. The summed E-state index contributed by atoms with van der Waals surface area (Å²) in [5.74, 6) is -0.606. The van der Waals surface area contributed by atoms with Crippen molar-refractivity contribution < 1.29 is 28.1 Å². The van der Waals surface area contributed by atoms with Crippen LogP contribution in [0.5, 0.6) is 0 Å². The zero-order valence-electron chi connectivity index (χ0n) is 16.4. The third kappa shape index (κ3) is 6.49. The molecule has 0 aliphatic rings. The van der Waals surface area contributed by atoms with E-state index < -0.39 is 24.1 Å². The van der Waals surface area contributed by atoms with Crippen molar-refractivity contribution in [1.29, 1.82) is 0 Å². The topological polar surface area (TPSA) is 105 Å². The first-order valence-electron chi connectivity index (χ1n) is 9.22. The van der Waals surface area contributed by atoms with Crippen molar-refractivity contribution in [2.45, 2.75) is 32.5 Å². The van der Waals surface area contributed by atoms with Crippen molar-refractivity contribution in [3.8, 4) is 0 Å². The van der Waals surface area contributed by atoms with Gasteiger partial charge in [0.25, 0.3) is 5.69 Å². The summed E-state index contributed by atoms with van der Waals surface area (Å²) in [4.78, 5) is 23.1.